The molecule has 1 heterocycles. The number of piperazine rings is 1. The molecule has 9 heteroatoms. The summed E-state index contributed by atoms with van der Waals surface area (Å²) in [6.45, 7) is 6.79. The van der Waals surface area contributed by atoms with E-state index in [9.17, 15) is 9.59 Å². The second-order valence-electron chi connectivity index (χ2n) is 7.81. The Bertz CT molecular complexity index is 978. The third kappa shape index (κ3) is 6.13. The molecule has 3 rings (SSSR count). The van der Waals surface area contributed by atoms with Crippen molar-refractivity contribution in [1.29, 1.82) is 0 Å². The van der Waals surface area contributed by atoms with E-state index in [0.717, 1.165) is 5.56 Å². The molecule has 2 aromatic carbocycles. The van der Waals surface area contributed by atoms with E-state index in [4.69, 9.17) is 27.9 Å². The molecule has 1 aliphatic heterocycles. The molecule has 2 amide bonds. The maximum atomic E-state index is 12.8. The number of aryl methyl sites for hydroxylation is 1. The molecule has 0 spiro atoms. The van der Waals surface area contributed by atoms with Gasteiger partial charge in [-0.15, -0.1) is 0 Å². The lowest BCUT2D eigenvalue weighted by atomic mass is 10.1. The minimum Gasteiger partial charge on any atom is -0.495 e. The lowest BCUT2D eigenvalue weighted by molar-refractivity contribution is -0.122. The molecule has 1 saturated heterocycles. The molecular weight excluding hydrogens is 451 g/mol. The molecule has 32 heavy (non-hydrogen) atoms. The molecular formula is C23H28Cl2N4O3. The topological polar surface area (TPSA) is 73.9 Å². The number of methoxy groups -OCH3 is 1. The zero-order chi connectivity index (χ0) is 23.3. The number of nitrogens with zero attached hydrogens (tertiary/aromatic N) is 2. The number of carbonyl (C=O) groups is 2. The van der Waals surface area contributed by atoms with Crippen LogP contribution in [0, 0.1) is 6.92 Å². The van der Waals surface area contributed by atoms with Crippen molar-refractivity contribution in [2.75, 3.05) is 50.5 Å². The Balaban J connectivity index is 1.50. The predicted octanol–water partition coefficient (Wildman–Crippen LogP) is 3.89. The molecule has 2 N–H and O–H groups in total. The summed E-state index contributed by atoms with van der Waals surface area (Å²) in [6, 6.07) is 10.3. The van der Waals surface area contributed by atoms with Crippen LogP contribution in [0.3, 0.4) is 0 Å². The molecule has 0 aromatic heterocycles. The molecule has 0 bridgehead atoms. The molecule has 0 radical (unpaired) electrons. The molecule has 1 unspecified atom stereocenters. The average Bonchev–Trinajstić information content (AvgIpc) is 2.77. The zero-order valence-corrected chi connectivity index (χ0v) is 20.0. The number of nitrogens with one attached hydrogen (secondary N) is 2. The van der Waals surface area contributed by atoms with E-state index < -0.39 is 0 Å². The first-order valence-corrected chi connectivity index (χ1v) is 11.2. The van der Waals surface area contributed by atoms with Crippen molar-refractivity contribution in [1.82, 2.24) is 9.80 Å². The van der Waals surface area contributed by atoms with Crippen LogP contribution in [-0.2, 0) is 9.59 Å². The van der Waals surface area contributed by atoms with E-state index in [0.29, 0.717) is 53.3 Å². The molecule has 7 nitrogen and oxygen atoms in total. The van der Waals surface area contributed by atoms with Gasteiger partial charge in [-0.3, -0.25) is 19.4 Å². The Morgan fingerprint density at radius 3 is 2.38 bits per heavy atom. The Labute approximate surface area is 198 Å². The summed E-state index contributed by atoms with van der Waals surface area (Å²) < 4.78 is 5.34. The number of para-hydroxylation sites is 1. The van der Waals surface area contributed by atoms with E-state index in [1.165, 1.54) is 0 Å². The van der Waals surface area contributed by atoms with Gasteiger partial charge in [-0.25, -0.2) is 0 Å². The van der Waals surface area contributed by atoms with Crippen molar-refractivity contribution >= 4 is 46.4 Å². The lowest BCUT2D eigenvalue weighted by Crippen LogP contribution is -2.53. The van der Waals surface area contributed by atoms with Gasteiger partial charge in [0.1, 0.15) is 5.75 Å². The lowest BCUT2D eigenvalue weighted by Gasteiger charge is -2.37. The average molecular weight is 479 g/mol. The van der Waals surface area contributed by atoms with Crippen molar-refractivity contribution in [3.63, 3.8) is 0 Å². The number of carbonyl (C=O) groups excluding carboxylic acids is 2. The van der Waals surface area contributed by atoms with Gasteiger partial charge < -0.3 is 15.4 Å². The Kier molecular flexibility index (Phi) is 8.37. The molecule has 1 fully saturated rings. The van der Waals surface area contributed by atoms with E-state index in [2.05, 4.69) is 20.4 Å². The summed E-state index contributed by atoms with van der Waals surface area (Å²) in [5.74, 6) is 0.299. The molecule has 1 aliphatic rings. The number of ether oxygens (including phenoxy) is 1. The Hall–Kier alpha value is -2.32. The summed E-state index contributed by atoms with van der Waals surface area (Å²) in [5, 5.41) is 6.89. The van der Waals surface area contributed by atoms with E-state index in [1.54, 1.807) is 31.4 Å². The Morgan fingerprint density at radius 2 is 1.72 bits per heavy atom. The van der Waals surface area contributed by atoms with Crippen LogP contribution in [0.25, 0.3) is 0 Å². The fourth-order valence-electron chi connectivity index (χ4n) is 3.60. The highest BCUT2D eigenvalue weighted by molar-refractivity contribution is 6.33. The maximum Gasteiger partial charge on any atom is 0.241 e. The van der Waals surface area contributed by atoms with Crippen molar-refractivity contribution in [2.45, 2.75) is 19.9 Å². The largest absolute Gasteiger partial charge is 0.495 e. The first-order chi connectivity index (χ1) is 15.3. The van der Waals surface area contributed by atoms with Gasteiger partial charge in [0, 0.05) is 37.3 Å². The molecule has 1 atom stereocenters. The zero-order valence-electron chi connectivity index (χ0n) is 18.5. The Morgan fingerprint density at radius 1 is 1.03 bits per heavy atom. The van der Waals surface area contributed by atoms with Gasteiger partial charge >= 0.3 is 0 Å². The SMILES string of the molecule is COc1cc(Cl)c(C)cc1NC(=O)C(C)N1CCN(CC(=O)Nc2ccccc2Cl)CC1. The number of benzene rings is 2. The van der Waals surface area contributed by atoms with Crippen LogP contribution in [0.1, 0.15) is 12.5 Å². The number of hydrogen-bond acceptors (Lipinski definition) is 5. The van der Waals surface area contributed by atoms with Gasteiger partial charge in [0.2, 0.25) is 11.8 Å². The summed E-state index contributed by atoms with van der Waals surface area (Å²) in [4.78, 5) is 29.4. The summed E-state index contributed by atoms with van der Waals surface area (Å²) in [7, 11) is 1.54. The standard InChI is InChI=1S/C23H28Cl2N4O3/c1-15-12-20(21(32-3)13-18(15)25)27-23(31)16(2)29-10-8-28(9-11-29)14-22(30)26-19-7-5-4-6-17(19)24/h4-7,12-13,16H,8-11,14H2,1-3H3,(H,26,30)(H,27,31). The molecule has 172 valence electrons. The highest BCUT2D eigenvalue weighted by Crippen LogP contribution is 2.31. The molecule has 0 aliphatic carbocycles. The van der Waals surface area contributed by atoms with Gasteiger partial charge in [0.25, 0.3) is 0 Å². The third-order valence-corrected chi connectivity index (χ3v) is 6.32. The summed E-state index contributed by atoms with van der Waals surface area (Å²) in [5.41, 5.74) is 2.07. The van der Waals surface area contributed by atoms with Crippen molar-refractivity contribution in [3.8, 4) is 5.75 Å². The number of anilines is 2. The predicted molar refractivity (Wildman–Crippen MR) is 129 cm³/mol. The summed E-state index contributed by atoms with van der Waals surface area (Å²) >= 11 is 12.2. The van der Waals surface area contributed by atoms with Gasteiger partial charge in [-0.2, -0.15) is 0 Å². The van der Waals surface area contributed by atoms with Gasteiger partial charge in [0.15, 0.2) is 0 Å². The van der Waals surface area contributed by atoms with Gasteiger partial charge in [-0.1, -0.05) is 35.3 Å². The van der Waals surface area contributed by atoms with Crippen LogP contribution >= 0.6 is 23.2 Å². The summed E-state index contributed by atoms with van der Waals surface area (Å²) in [6.07, 6.45) is 0. The number of amides is 2. The van der Waals surface area contributed by atoms with E-state index in [1.807, 2.05) is 26.0 Å². The normalized spacial score (nSPS) is 15.8. The van der Waals surface area contributed by atoms with Crippen LogP contribution in [-0.4, -0.2) is 67.5 Å². The fourth-order valence-corrected chi connectivity index (χ4v) is 3.93. The highest BCUT2D eigenvalue weighted by Gasteiger charge is 2.27. The molecule has 0 saturated carbocycles. The molecule has 2 aromatic rings. The van der Waals surface area contributed by atoms with Gasteiger partial charge in [-0.05, 0) is 37.6 Å². The minimum atomic E-state index is -0.324. The monoisotopic (exact) mass is 478 g/mol. The van der Waals surface area contributed by atoms with Crippen molar-refractivity contribution in [3.05, 3.63) is 52.0 Å². The fraction of sp³-hybridized carbons (Fsp3) is 0.391. The third-order valence-electron chi connectivity index (χ3n) is 5.59. The van der Waals surface area contributed by atoms with Crippen molar-refractivity contribution < 1.29 is 14.3 Å². The second kappa shape index (κ2) is 11.0. The smallest absolute Gasteiger partial charge is 0.241 e. The van der Waals surface area contributed by atoms with Crippen LogP contribution in [0.4, 0.5) is 11.4 Å². The minimum absolute atomic E-state index is 0.109. The van der Waals surface area contributed by atoms with Crippen LogP contribution in [0.15, 0.2) is 36.4 Å². The van der Waals surface area contributed by atoms with Gasteiger partial charge in [0.05, 0.1) is 36.1 Å². The maximum absolute atomic E-state index is 12.8. The highest BCUT2D eigenvalue weighted by atomic mass is 35.5. The quantitative estimate of drug-likeness (QED) is 0.631. The number of halogens is 2. The van der Waals surface area contributed by atoms with Crippen molar-refractivity contribution in [2.24, 2.45) is 0 Å². The first-order valence-electron chi connectivity index (χ1n) is 10.4. The number of hydrogen-bond donors (Lipinski definition) is 2. The van der Waals surface area contributed by atoms with Crippen LogP contribution in [0.2, 0.25) is 10.0 Å². The van der Waals surface area contributed by atoms with Crippen LogP contribution in [0.5, 0.6) is 5.75 Å². The first kappa shape index (κ1) is 24.3. The van der Waals surface area contributed by atoms with E-state index in [-0.39, 0.29) is 24.4 Å². The second-order valence-corrected chi connectivity index (χ2v) is 8.62. The number of rotatable bonds is 7. The van der Waals surface area contributed by atoms with Crippen LogP contribution < -0.4 is 15.4 Å². The van der Waals surface area contributed by atoms with E-state index >= 15 is 0 Å².